The fourth-order valence-corrected chi connectivity index (χ4v) is 1.59. The third-order valence-corrected chi connectivity index (χ3v) is 2.25. The zero-order valence-electron chi connectivity index (χ0n) is 5.91. The van der Waals surface area contributed by atoms with E-state index in [0.29, 0.717) is 0 Å². The largest absolute Gasteiger partial charge is 0.453 e. The van der Waals surface area contributed by atoms with E-state index in [4.69, 9.17) is 4.74 Å². The minimum Gasteiger partial charge on any atom is -0.453 e. The molecule has 1 radical (unpaired) electrons. The van der Waals surface area contributed by atoms with Gasteiger partial charge in [0.2, 0.25) is 0 Å². The minimum absolute atomic E-state index is 0.925. The van der Waals surface area contributed by atoms with Crippen LogP contribution in [0.25, 0.3) is 0 Å². The molecule has 0 saturated heterocycles. The van der Waals surface area contributed by atoms with Gasteiger partial charge in [-0.15, -0.1) is 11.8 Å². The lowest BCUT2D eigenvalue weighted by atomic mass is 10.2. The van der Waals surface area contributed by atoms with Crippen molar-refractivity contribution < 1.29 is 4.74 Å². The Balaban J connectivity index is 2.40. The van der Waals surface area contributed by atoms with Crippen molar-refractivity contribution in [2.24, 2.45) is 0 Å². The van der Waals surface area contributed by atoms with Crippen LogP contribution in [0.15, 0.2) is 29.7 Å². The number of ether oxygens (including phenoxy) is 1. The van der Waals surface area contributed by atoms with Crippen molar-refractivity contribution in [1.29, 1.82) is 0 Å². The number of hydrogen-bond acceptors (Lipinski definition) is 2. The smallest absolute Gasteiger partial charge is 0.176 e. The second kappa shape index (κ2) is 3.01. The maximum atomic E-state index is 5.22. The first-order valence-electron chi connectivity index (χ1n) is 3.40. The van der Waals surface area contributed by atoms with Crippen LogP contribution in [0.1, 0.15) is 5.56 Å². The number of hydrogen-bond donors (Lipinski definition) is 0. The van der Waals surface area contributed by atoms with E-state index < -0.39 is 0 Å². The summed E-state index contributed by atoms with van der Waals surface area (Å²) in [6.07, 6.45) is 2.74. The molecule has 1 aromatic carbocycles. The Morgan fingerprint density at radius 2 is 2.27 bits per heavy atom. The first kappa shape index (κ1) is 6.80. The third kappa shape index (κ3) is 1.40. The van der Waals surface area contributed by atoms with E-state index in [1.54, 1.807) is 11.8 Å². The molecule has 0 unspecified atom stereocenters. The van der Waals surface area contributed by atoms with E-state index in [-0.39, 0.29) is 0 Å². The summed E-state index contributed by atoms with van der Waals surface area (Å²) in [5, 5.41) is 1.85. The highest BCUT2D eigenvalue weighted by Gasteiger charge is 2.03. The highest BCUT2D eigenvalue weighted by molar-refractivity contribution is 8.01. The monoisotopic (exact) mass is 163 g/mol. The lowest BCUT2D eigenvalue weighted by molar-refractivity contribution is 0.452. The Labute approximate surface area is 70.1 Å². The predicted octanol–water partition coefficient (Wildman–Crippen LogP) is 2.59. The molecule has 1 aliphatic rings. The van der Waals surface area contributed by atoms with Crippen LogP contribution in [-0.2, 0) is 5.75 Å². The van der Waals surface area contributed by atoms with Crippen LogP contribution in [0.3, 0.4) is 0 Å². The highest BCUT2D eigenvalue weighted by atomic mass is 32.2. The number of benzene rings is 1. The fraction of sp³-hybridized carbons (Fsp3) is 0.111. The van der Waals surface area contributed by atoms with Crippen LogP contribution in [0.2, 0.25) is 0 Å². The van der Waals surface area contributed by atoms with Crippen molar-refractivity contribution in [2.75, 3.05) is 0 Å². The second-order valence-corrected chi connectivity index (χ2v) is 3.11. The van der Waals surface area contributed by atoms with Crippen LogP contribution in [-0.4, -0.2) is 0 Å². The zero-order chi connectivity index (χ0) is 7.52. The number of rotatable bonds is 0. The summed E-state index contributed by atoms with van der Waals surface area (Å²) in [5.41, 5.74) is 1.23. The SMILES string of the molecule is [C]1=CSCc2ccccc2O1. The zero-order valence-corrected chi connectivity index (χ0v) is 6.73. The molecule has 1 aromatic rings. The van der Waals surface area contributed by atoms with Gasteiger partial charge in [0.25, 0.3) is 0 Å². The van der Waals surface area contributed by atoms with Crippen LogP contribution in [0.5, 0.6) is 5.75 Å². The van der Waals surface area contributed by atoms with Crippen molar-refractivity contribution in [1.82, 2.24) is 0 Å². The van der Waals surface area contributed by atoms with E-state index >= 15 is 0 Å². The van der Waals surface area contributed by atoms with E-state index in [9.17, 15) is 0 Å². The molecule has 0 spiro atoms. The van der Waals surface area contributed by atoms with Crippen molar-refractivity contribution in [3.05, 3.63) is 41.5 Å². The van der Waals surface area contributed by atoms with E-state index in [2.05, 4.69) is 12.3 Å². The fourth-order valence-electron chi connectivity index (χ4n) is 0.976. The molecule has 2 heteroatoms. The van der Waals surface area contributed by atoms with Crippen molar-refractivity contribution >= 4 is 11.8 Å². The molecule has 1 aliphatic heterocycles. The summed E-state index contributed by atoms with van der Waals surface area (Å²) >= 11 is 1.70. The molecule has 1 heterocycles. The van der Waals surface area contributed by atoms with E-state index in [1.165, 1.54) is 5.56 Å². The van der Waals surface area contributed by atoms with Gasteiger partial charge in [-0.2, -0.15) is 0 Å². The Morgan fingerprint density at radius 3 is 3.27 bits per heavy atom. The first-order chi connectivity index (χ1) is 5.47. The van der Waals surface area contributed by atoms with Gasteiger partial charge in [0.05, 0.1) is 0 Å². The second-order valence-electron chi connectivity index (χ2n) is 2.26. The highest BCUT2D eigenvalue weighted by Crippen LogP contribution is 2.26. The summed E-state index contributed by atoms with van der Waals surface area (Å²) < 4.78 is 5.22. The van der Waals surface area contributed by atoms with Gasteiger partial charge >= 0.3 is 0 Å². The molecular weight excluding hydrogens is 156 g/mol. The summed E-state index contributed by atoms with van der Waals surface area (Å²) in [6.45, 7) is 0. The van der Waals surface area contributed by atoms with Crippen LogP contribution in [0.4, 0.5) is 0 Å². The standard InChI is InChI=1S/C9H7OS/c1-2-4-9-8(3-1)7-11-6-5-10-9/h1-4,6H,7H2. The topological polar surface area (TPSA) is 9.23 Å². The van der Waals surface area contributed by atoms with E-state index in [1.807, 2.05) is 23.6 Å². The third-order valence-electron chi connectivity index (χ3n) is 1.51. The Bertz CT molecular complexity index is 281. The Kier molecular flexibility index (Phi) is 1.86. The maximum Gasteiger partial charge on any atom is 0.176 e. The number of para-hydroxylation sites is 1. The summed E-state index contributed by atoms with van der Waals surface area (Å²) in [6, 6.07) is 8.02. The molecule has 1 nitrogen and oxygen atoms in total. The van der Waals surface area contributed by atoms with Crippen molar-refractivity contribution in [2.45, 2.75) is 5.75 Å². The molecule has 0 N–H and O–H groups in total. The minimum atomic E-state index is 0.925. The molecule has 0 fully saturated rings. The van der Waals surface area contributed by atoms with Crippen LogP contribution < -0.4 is 4.74 Å². The molecule has 0 atom stereocenters. The average molecular weight is 163 g/mol. The van der Waals surface area contributed by atoms with Crippen molar-refractivity contribution in [3.63, 3.8) is 0 Å². The quantitative estimate of drug-likeness (QED) is 0.581. The lowest BCUT2D eigenvalue weighted by Gasteiger charge is -2.01. The normalized spacial score (nSPS) is 14.9. The summed E-state index contributed by atoms with van der Waals surface area (Å²) in [7, 11) is 0. The van der Waals surface area contributed by atoms with Gasteiger partial charge in [-0.3, -0.25) is 0 Å². The summed E-state index contributed by atoms with van der Waals surface area (Å²) in [4.78, 5) is 0. The van der Waals surface area contributed by atoms with Crippen molar-refractivity contribution in [3.8, 4) is 5.75 Å². The maximum absolute atomic E-state index is 5.22. The van der Waals surface area contributed by atoms with Gasteiger partial charge in [0.15, 0.2) is 6.26 Å². The molecule has 2 rings (SSSR count). The molecule has 0 aliphatic carbocycles. The molecule has 0 amide bonds. The molecule has 0 bridgehead atoms. The first-order valence-corrected chi connectivity index (χ1v) is 4.45. The van der Waals surface area contributed by atoms with Gasteiger partial charge in [-0.05, 0) is 6.07 Å². The van der Waals surface area contributed by atoms with Gasteiger partial charge < -0.3 is 4.74 Å². The van der Waals surface area contributed by atoms with Gasteiger partial charge in [0, 0.05) is 16.7 Å². The average Bonchev–Trinajstić information content (AvgIpc) is 2.28. The molecule has 55 valence electrons. The Hall–Kier alpha value is -0.890. The lowest BCUT2D eigenvalue weighted by Crippen LogP contribution is -1.85. The predicted molar refractivity (Wildman–Crippen MR) is 46.2 cm³/mol. The van der Waals surface area contributed by atoms with Gasteiger partial charge in [-0.1, -0.05) is 18.2 Å². The molecule has 0 saturated carbocycles. The molecule has 0 aromatic heterocycles. The molecular formula is C9H7OS. The van der Waals surface area contributed by atoms with Gasteiger partial charge in [0.1, 0.15) is 5.75 Å². The Morgan fingerprint density at radius 1 is 1.36 bits per heavy atom. The number of thioether (sulfide) groups is 1. The molecule has 11 heavy (non-hydrogen) atoms. The van der Waals surface area contributed by atoms with Crippen LogP contribution in [0, 0.1) is 6.26 Å². The van der Waals surface area contributed by atoms with Crippen LogP contribution >= 0.6 is 11.8 Å². The van der Waals surface area contributed by atoms with Gasteiger partial charge in [-0.25, -0.2) is 0 Å². The summed E-state index contributed by atoms with van der Waals surface area (Å²) in [5.74, 6) is 1.90. The number of fused-ring (bicyclic) bond motifs is 1. The van der Waals surface area contributed by atoms with E-state index in [0.717, 1.165) is 11.5 Å².